The van der Waals surface area contributed by atoms with Crippen LogP contribution in [0.2, 0.25) is 0 Å². The zero-order valence-corrected chi connectivity index (χ0v) is 11.4. The molecule has 4 atom stereocenters. The van der Waals surface area contributed by atoms with Crippen LogP contribution in [0.1, 0.15) is 5.56 Å². The Morgan fingerprint density at radius 1 is 1.00 bits per heavy atom. The summed E-state index contributed by atoms with van der Waals surface area (Å²) in [6.07, 6.45) is -6.84. The minimum atomic E-state index is -1.79. The molecular weight excluding hydrogens is 284 g/mol. The molecule has 0 saturated carbocycles. The fourth-order valence-electron chi connectivity index (χ4n) is 1.36. The summed E-state index contributed by atoms with van der Waals surface area (Å²) in [7, 11) is 0. The summed E-state index contributed by atoms with van der Waals surface area (Å²) >= 11 is 0. The van der Waals surface area contributed by atoms with Gasteiger partial charge in [-0.3, -0.25) is 0 Å². The third-order valence-electron chi connectivity index (χ3n) is 2.47. The Labute approximate surface area is 121 Å². The SMILES string of the molecule is Cc1cc(O)cc(O)c1.O=CC(O)C(O)C(O)C(O)CO. The van der Waals surface area contributed by atoms with Crippen LogP contribution in [0.4, 0.5) is 0 Å². The van der Waals surface area contributed by atoms with E-state index in [9.17, 15) is 4.79 Å². The van der Waals surface area contributed by atoms with Crippen molar-refractivity contribution in [1.29, 1.82) is 0 Å². The average Bonchev–Trinajstić information content (AvgIpc) is 2.43. The third kappa shape index (κ3) is 7.02. The van der Waals surface area contributed by atoms with Gasteiger partial charge in [-0.05, 0) is 24.6 Å². The summed E-state index contributed by atoms with van der Waals surface area (Å²) in [4.78, 5) is 9.90. The molecule has 0 aliphatic rings. The van der Waals surface area contributed by atoms with Crippen molar-refractivity contribution in [3.8, 4) is 11.5 Å². The molecule has 0 aliphatic heterocycles. The molecule has 21 heavy (non-hydrogen) atoms. The van der Waals surface area contributed by atoms with E-state index >= 15 is 0 Å². The van der Waals surface area contributed by atoms with Gasteiger partial charge in [0.25, 0.3) is 0 Å². The van der Waals surface area contributed by atoms with Crippen LogP contribution in [0.15, 0.2) is 18.2 Å². The summed E-state index contributed by atoms with van der Waals surface area (Å²) < 4.78 is 0. The number of aromatic hydroxyl groups is 2. The lowest BCUT2D eigenvalue weighted by atomic mass is 10.0. The van der Waals surface area contributed by atoms with E-state index in [-0.39, 0.29) is 17.8 Å². The number of benzene rings is 1. The van der Waals surface area contributed by atoms with Gasteiger partial charge in [-0.15, -0.1) is 0 Å². The van der Waals surface area contributed by atoms with E-state index in [1.54, 1.807) is 19.1 Å². The highest BCUT2D eigenvalue weighted by Gasteiger charge is 2.29. The van der Waals surface area contributed by atoms with Crippen LogP contribution in [0.25, 0.3) is 0 Å². The predicted octanol–water partition coefficient (Wildman–Crippen LogP) is -1.97. The molecule has 0 aromatic heterocycles. The van der Waals surface area contributed by atoms with Gasteiger partial charge in [0.15, 0.2) is 6.29 Å². The molecule has 8 heteroatoms. The summed E-state index contributed by atoms with van der Waals surface area (Å²) in [5.74, 6) is 0.208. The number of hydrogen-bond acceptors (Lipinski definition) is 8. The Balaban J connectivity index is 0.000000394. The molecule has 1 aromatic rings. The third-order valence-corrected chi connectivity index (χ3v) is 2.47. The number of carbonyl (C=O) groups is 1. The number of carbonyl (C=O) groups excluding carboxylic acids is 1. The van der Waals surface area contributed by atoms with Crippen LogP contribution in [0, 0.1) is 6.92 Å². The fourth-order valence-corrected chi connectivity index (χ4v) is 1.36. The zero-order valence-electron chi connectivity index (χ0n) is 11.4. The van der Waals surface area contributed by atoms with Gasteiger partial charge in [0.05, 0.1) is 6.61 Å². The van der Waals surface area contributed by atoms with Gasteiger partial charge < -0.3 is 40.5 Å². The summed E-state index contributed by atoms with van der Waals surface area (Å²) in [5.41, 5.74) is 0.854. The minimum Gasteiger partial charge on any atom is -0.508 e. The minimum absolute atomic E-state index is 0.0258. The average molecular weight is 304 g/mol. The largest absolute Gasteiger partial charge is 0.508 e. The summed E-state index contributed by atoms with van der Waals surface area (Å²) in [6.45, 7) is 1.04. The molecular formula is C13H20O8. The first-order chi connectivity index (χ1) is 9.72. The van der Waals surface area contributed by atoms with Crippen LogP contribution >= 0.6 is 0 Å². The van der Waals surface area contributed by atoms with Gasteiger partial charge in [0, 0.05) is 6.07 Å². The molecule has 8 nitrogen and oxygen atoms in total. The van der Waals surface area contributed by atoms with E-state index in [0.29, 0.717) is 0 Å². The molecule has 7 N–H and O–H groups in total. The topological polar surface area (TPSA) is 159 Å². The molecule has 120 valence electrons. The van der Waals surface area contributed by atoms with Crippen LogP contribution < -0.4 is 0 Å². The molecule has 0 fully saturated rings. The van der Waals surface area contributed by atoms with Gasteiger partial charge >= 0.3 is 0 Å². The monoisotopic (exact) mass is 304 g/mol. The van der Waals surface area contributed by atoms with E-state index in [2.05, 4.69) is 0 Å². The van der Waals surface area contributed by atoms with Crippen molar-refractivity contribution < 1.29 is 40.5 Å². The van der Waals surface area contributed by atoms with Gasteiger partial charge in [-0.1, -0.05) is 0 Å². The maximum absolute atomic E-state index is 9.90. The second-order valence-electron chi connectivity index (χ2n) is 4.38. The predicted molar refractivity (Wildman–Crippen MR) is 71.7 cm³/mol. The summed E-state index contributed by atoms with van der Waals surface area (Å²) in [5, 5.41) is 61.2. The van der Waals surface area contributed by atoms with Crippen LogP contribution in [-0.2, 0) is 4.79 Å². The lowest BCUT2D eigenvalue weighted by Crippen LogP contribution is -2.46. The first kappa shape index (κ1) is 19.3. The Hall–Kier alpha value is -1.71. The number of aliphatic hydroxyl groups excluding tert-OH is 5. The molecule has 0 bridgehead atoms. The van der Waals surface area contributed by atoms with E-state index in [4.69, 9.17) is 35.7 Å². The Morgan fingerprint density at radius 2 is 1.48 bits per heavy atom. The molecule has 0 amide bonds. The highest BCUT2D eigenvalue weighted by Crippen LogP contribution is 2.18. The van der Waals surface area contributed by atoms with Crippen molar-refractivity contribution in [1.82, 2.24) is 0 Å². The number of aliphatic hydroxyl groups is 5. The second kappa shape index (κ2) is 9.27. The molecule has 0 aliphatic carbocycles. The van der Waals surface area contributed by atoms with Crippen molar-refractivity contribution >= 4 is 6.29 Å². The first-order valence-electron chi connectivity index (χ1n) is 6.01. The van der Waals surface area contributed by atoms with Gasteiger partial charge in [-0.25, -0.2) is 0 Å². The second-order valence-corrected chi connectivity index (χ2v) is 4.38. The number of aldehydes is 1. The van der Waals surface area contributed by atoms with E-state index in [0.717, 1.165) is 5.56 Å². The molecule has 4 unspecified atom stereocenters. The zero-order chi connectivity index (χ0) is 16.6. The van der Waals surface area contributed by atoms with E-state index < -0.39 is 31.0 Å². The van der Waals surface area contributed by atoms with Crippen molar-refractivity contribution in [2.75, 3.05) is 6.61 Å². The van der Waals surface area contributed by atoms with Crippen LogP contribution in [0.3, 0.4) is 0 Å². The number of aryl methyl sites for hydroxylation is 1. The number of phenolic OH excluding ortho intramolecular Hbond substituents is 2. The van der Waals surface area contributed by atoms with Crippen molar-refractivity contribution in [3.05, 3.63) is 23.8 Å². The van der Waals surface area contributed by atoms with Crippen molar-refractivity contribution in [3.63, 3.8) is 0 Å². The molecule has 1 rings (SSSR count). The smallest absolute Gasteiger partial charge is 0.151 e. The standard InChI is InChI=1S/C7H8O2.C6H12O6/c1-5-2-6(8)4-7(9)3-5;7-1-3(9)5(11)6(12)4(10)2-8/h2-4,8-9H,1H3;1,3-6,8-12H,2H2. The lowest BCUT2D eigenvalue weighted by molar-refractivity contribution is -0.136. The van der Waals surface area contributed by atoms with E-state index in [1.165, 1.54) is 6.07 Å². The highest BCUT2D eigenvalue weighted by molar-refractivity contribution is 5.56. The summed E-state index contributed by atoms with van der Waals surface area (Å²) in [6, 6.07) is 4.46. The van der Waals surface area contributed by atoms with Crippen LogP contribution in [-0.4, -0.2) is 73.1 Å². The van der Waals surface area contributed by atoms with E-state index in [1.807, 2.05) is 0 Å². The van der Waals surface area contributed by atoms with Crippen molar-refractivity contribution in [2.24, 2.45) is 0 Å². The molecule has 0 radical (unpaired) electrons. The normalized spacial score (nSPS) is 16.1. The van der Waals surface area contributed by atoms with Crippen LogP contribution in [0.5, 0.6) is 11.5 Å². The molecule has 0 saturated heterocycles. The van der Waals surface area contributed by atoms with Gasteiger partial charge in [-0.2, -0.15) is 0 Å². The first-order valence-corrected chi connectivity index (χ1v) is 6.01. The Kier molecular flexibility index (Phi) is 8.51. The van der Waals surface area contributed by atoms with Gasteiger partial charge in [0.2, 0.25) is 0 Å². The lowest BCUT2D eigenvalue weighted by Gasteiger charge is -2.22. The Bertz CT molecular complexity index is 386. The molecule has 1 aromatic carbocycles. The Morgan fingerprint density at radius 3 is 1.81 bits per heavy atom. The maximum atomic E-state index is 9.90. The quantitative estimate of drug-likeness (QED) is 0.308. The number of phenols is 2. The molecule has 0 spiro atoms. The molecule has 0 heterocycles. The highest BCUT2D eigenvalue weighted by atomic mass is 16.4. The van der Waals surface area contributed by atoms with Crippen molar-refractivity contribution in [2.45, 2.75) is 31.3 Å². The van der Waals surface area contributed by atoms with Gasteiger partial charge in [0.1, 0.15) is 35.9 Å². The maximum Gasteiger partial charge on any atom is 0.151 e. The number of rotatable bonds is 5. The number of hydrogen-bond donors (Lipinski definition) is 7. The fraction of sp³-hybridized carbons (Fsp3) is 0.462.